The summed E-state index contributed by atoms with van der Waals surface area (Å²) in [4.78, 5) is 24.7. The fourth-order valence-corrected chi connectivity index (χ4v) is 5.55. The molecule has 1 atom stereocenters. The number of carbonyl (C=O) groups is 2. The molecular weight excluding hydrogens is 390 g/mol. The lowest BCUT2D eigenvalue weighted by Crippen LogP contribution is -2.49. The quantitative estimate of drug-likeness (QED) is 0.806. The predicted molar refractivity (Wildman–Crippen MR) is 110 cm³/mol. The summed E-state index contributed by atoms with van der Waals surface area (Å²) < 4.78 is 27.5. The van der Waals surface area contributed by atoms with E-state index in [0.717, 1.165) is 24.1 Å². The highest BCUT2D eigenvalue weighted by atomic mass is 32.2. The van der Waals surface area contributed by atoms with Gasteiger partial charge in [0.05, 0.1) is 4.90 Å². The zero-order valence-corrected chi connectivity index (χ0v) is 16.7. The van der Waals surface area contributed by atoms with Crippen LogP contribution < -0.4 is 10.6 Å². The van der Waals surface area contributed by atoms with Crippen LogP contribution in [0.15, 0.2) is 53.4 Å². The average molecular weight is 413 g/mol. The van der Waals surface area contributed by atoms with Gasteiger partial charge in [-0.1, -0.05) is 24.6 Å². The Kier molecular flexibility index (Phi) is 5.38. The highest BCUT2D eigenvalue weighted by molar-refractivity contribution is 7.89. The summed E-state index contributed by atoms with van der Waals surface area (Å²) in [5.41, 5.74) is 2.32. The summed E-state index contributed by atoms with van der Waals surface area (Å²) in [5, 5.41) is 5.68. The van der Waals surface area contributed by atoms with Crippen LogP contribution in [-0.2, 0) is 26.0 Å². The van der Waals surface area contributed by atoms with Gasteiger partial charge in [0.25, 0.3) is 0 Å². The molecule has 1 unspecified atom stereocenters. The highest BCUT2D eigenvalue weighted by Crippen LogP contribution is 2.28. The number of hydrogen-bond donors (Lipinski definition) is 2. The van der Waals surface area contributed by atoms with Crippen LogP contribution in [0, 0.1) is 0 Å². The number of sulfonamides is 1. The maximum absolute atomic E-state index is 13.1. The standard InChI is InChI=1S/C21H23N3O4S/c25-20-12-9-15-14-16(10-11-18(15)23-20)22-21(26)19-8-4-5-13-24(19)29(27,28)17-6-2-1-3-7-17/h1-3,6-7,10-11,14,19H,4-5,8-9,12-13H2,(H,22,26)(H,23,25). The van der Waals surface area contributed by atoms with E-state index in [1.807, 2.05) is 6.07 Å². The molecule has 4 rings (SSSR count). The molecule has 2 aromatic rings. The summed E-state index contributed by atoms with van der Waals surface area (Å²) >= 11 is 0. The van der Waals surface area contributed by atoms with Gasteiger partial charge < -0.3 is 10.6 Å². The summed E-state index contributed by atoms with van der Waals surface area (Å²) in [6, 6.07) is 12.8. The van der Waals surface area contributed by atoms with Gasteiger partial charge in [-0.15, -0.1) is 0 Å². The normalized spacial score (nSPS) is 19.9. The molecule has 0 bridgehead atoms. The second-order valence-corrected chi connectivity index (χ2v) is 9.24. The van der Waals surface area contributed by atoms with E-state index in [1.54, 1.807) is 42.5 Å². The third-order valence-electron chi connectivity index (χ3n) is 5.37. The smallest absolute Gasteiger partial charge is 0.243 e. The van der Waals surface area contributed by atoms with Gasteiger partial charge in [0, 0.05) is 24.3 Å². The maximum Gasteiger partial charge on any atom is 0.243 e. The van der Waals surface area contributed by atoms with Gasteiger partial charge in [0.1, 0.15) is 6.04 Å². The average Bonchev–Trinajstić information content (AvgIpc) is 2.74. The number of nitrogens with one attached hydrogen (secondary N) is 2. The van der Waals surface area contributed by atoms with Gasteiger partial charge in [-0.2, -0.15) is 4.31 Å². The molecule has 8 heteroatoms. The number of nitrogens with zero attached hydrogens (tertiary/aromatic N) is 1. The first-order valence-electron chi connectivity index (χ1n) is 9.76. The highest BCUT2D eigenvalue weighted by Gasteiger charge is 2.37. The molecule has 1 fully saturated rings. The molecule has 2 aromatic carbocycles. The Bertz CT molecular complexity index is 1040. The first-order valence-corrected chi connectivity index (χ1v) is 11.2. The Morgan fingerprint density at radius 3 is 2.66 bits per heavy atom. The Labute approximate surface area is 170 Å². The van der Waals surface area contributed by atoms with E-state index < -0.39 is 16.1 Å². The van der Waals surface area contributed by atoms with Crippen LogP contribution in [0.1, 0.15) is 31.2 Å². The van der Waals surface area contributed by atoms with Crippen LogP contribution in [0.5, 0.6) is 0 Å². The number of aryl methyl sites for hydroxylation is 1. The molecule has 0 aliphatic carbocycles. The molecule has 0 radical (unpaired) electrons. The van der Waals surface area contributed by atoms with Gasteiger partial charge >= 0.3 is 0 Å². The Hall–Kier alpha value is -2.71. The second kappa shape index (κ2) is 7.96. The first-order chi connectivity index (χ1) is 13.9. The molecule has 7 nitrogen and oxygen atoms in total. The number of carbonyl (C=O) groups excluding carboxylic acids is 2. The monoisotopic (exact) mass is 413 g/mol. The number of fused-ring (bicyclic) bond motifs is 1. The van der Waals surface area contributed by atoms with E-state index >= 15 is 0 Å². The van der Waals surface area contributed by atoms with Crippen molar-refractivity contribution in [2.24, 2.45) is 0 Å². The van der Waals surface area contributed by atoms with Crippen LogP contribution in [0.25, 0.3) is 0 Å². The van der Waals surface area contributed by atoms with E-state index in [-0.39, 0.29) is 16.7 Å². The van der Waals surface area contributed by atoms with Crippen molar-refractivity contribution in [3.63, 3.8) is 0 Å². The van der Waals surface area contributed by atoms with Gasteiger partial charge in [-0.3, -0.25) is 9.59 Å². The minimum absolute atomic E-state index is 0.0155. The largest absolute Gasteiger partial charge is 0.326 e. The van der Waals surface area contributed by atoms with E-state index in [1.165, 1.54) is 4.31 Å². The van der Waals surface area contributed by atoms with Crippen molar-refractivity contribution in [2.45, 2.75) is 43.0 Å². The Balaban J connectivity index is 1.55. The third-order valence-corrected chi connectivity index (χ3v) is 7.30. The maximum atomic E-state index is 13.1. The molecular formula is C21H23N3O4S. The van der Waals surface area contributed by atoms with E-state index in [2.05, 4.69) is 10.6 Å². The number of amides is 2. The lowest BCUT2D eigenvalue weighted by molar-refractivity contribution is -0.120. The molecule has 2 N–H and O–H groups in total. The number of piperidine rings is 1. The van der Waals surface area contributed by atoms with Crippen molar-refractivity contribution < 1.29 is 18.0 Å². The van der Waals surface area contributed by atoms with Crippen molar-refractivity contribution in [3.05, 3.63) is 54.1 Å². The summed E-state index contributed by atoms with van der Waals surface area (Å²) in [5.74, 6) is -0.345. The SMILES string of the molecule is O=C1CCc2cc(NC(=O)C3CCCCN3S(=O)(=O)c3ccccc3)ccc2N1. The fourth-order valence-electron chi connectivity index (χ4n) is 3.87. The van der Waals surface area contributed by atoms with Crippen LogP contribution in [0.4, 0.5) is 11.4 Å². The number of benzene rings is 2. The van der Waals surface area contributed by atoms with Gasteiger partial charge in [-0.25, -0.2) is 8.42 Å². The van der Waals surface area contributed by atoms with E-state index in [0.29, 0.717) is 31.5 Å². The minimum atomic E-state index is -3.74. The molecule has 0 saturated carbocycles. The zero-order chi connectivity index (χ0) is 20.4. The zero-order valence-electron chi connectivity index (χ0n) is 15.9. The molecule has 2 heterocycles. The van der Waals surface area contributed by atoms with Crippen molar-refractivity contribution in [2.75, 3.05) is 17.2 Å². The Morgan fingerprint density at radius 2 is 1.86 bits per heavy atom. The van der Waals surface area contributed by atoms with Crippen molar-refractivity contribution >= 4 is 33.2 Å². The summed E-state index contributed by atoms with van der Waals surface area (Å²) in [7, 11) is -3.74. The van der Waals surface area contributed by atoms with Gasteiger partial charge in [0.15, 0.2) is 0 Å². The van der Waals surface area contributed by atoms with Crippen LogP contribution in [0.2, 0.25) is 0 Å². The lowest BCUT2D eigenvalue weighted by Gasteiger charge is -2.33. The molecule has 0 aromatic heterocycles. The first kappa shape index (κ1) is 19.6. The molecule has 2 amide bonds. The molecule has 152 valence electrons. The molecule has 1 saturated heterocycles. The molecule has 29 heavy (non-hydrogen) atoms. The van der Waals surface area contributed by atoms with Crippen LogP contribution in [0.3, 0.4) is 0 Å². The predicted octanol–water partition coefficient (Wildman–Crippen LogP) is 2.75. The summed E-state index contributed by atoms with van der Waals surface area (Å²) in [6.45, 7) is 0.325. The van der Waals surface area contributed by atoms with Crippen molar-refractivity contribution in [3.8, 4) is 0 Å². The van der Waals surface area contributed by atoms with Gasteiger partial charge in [-0.05, 0) is 55.2 Å². The third kappa shape index (κ3) is 4.04. The Morgan fingerprint density at radius 1 is 1.07 bits per heavy atom. The fraction of sp³-hybridized carbons (Fsp3) is 0.333. The minimum Gasteiger partial charge on any atom is -0.326 e. The van der Waals surface area contributed by atoms with Crippen molar-refractivity contribution in [1.82, 2.24) is 4.31 Å². The van der Waals surface area contributed by atoms with Gasteiger partial charge in [0.2, 0.25) is 21.8 Å². The molecule has 0 spiro atoms. The van der Waals surface area contributed by atoms with E-state index in [4.69, 9.17) is 0 Å². The number of anilines is 2. The lowest BCUT2D eigenvalue weighted by atomic mass is 10.0. The molecule has 2 aliphatic heterocycles. The summed E-state index contributed by atoms with van der Waals surface area (Å²) in [6.07, 6.45) is 3.04. The van der Waals surface area contributed by atoms with Crippen LogP contribution >= 0.6 is 0 Å². The molecule has 2 aliphatic rings. The number of rotatable bonds is 4. The topological polar surface area (TPSA) is 95.6 Å². The second-order valence-electron chi connectivity index (χ2n) is 7.35. The number of hydrogen-bond acceptors (Lipinski definition) is 4. The van der Waals surface area contributed by atoms with Crippen molar-refractivity contribution in [1.29, 1.82) is 0 Å². The van der Waals surface area contributed by atoms with Crippen LogP contribution in [-0.4, -0.2) is 37.1 Å². The van der Waals surface area contributed by atoms with E-state index in [9.17, 15) is 18.0 Å².